The zero-order valence-electron chi connectivity index (χ0n) is 11.0. The number of nitrogens with one attached hydrogen (secondary N) is 1. The van der Waals surface area contributed by atoms with E-state index >= 15 is 0 Å². The van der Waals surface area contributed by atoms with E-state index in [1.54, 1.807) is 0 Å². The van der Waals surface area contributed by atoms with Gasteiger partial charge in [0.25, 0.3) is 0 Å². The molecule has 0 radical (unpaired) electrons. The molecule has 2 aromatic rings. The van der Waals surface area contributed by atoms with Crippen molar-refractivity contribution in [2.75, 3.05) is 11.9 Å². The minimum atomic E-state index is 0.846. The molecule has 0 unspecified atom stereocenters. The third-order valence-corrected chi connectivity index (χ3v) is 2.91. The third kappa shape index (κ3) is 3.49. The standard InChI is InChI=1S/C17H19N/c1-14-10-11-15(2)17(13-14)18-12-6-9-16-7-4-3-5-8-16/h3-11,13,18H,12H2,1-2H3. The highest BCUT2D eigenvalue weighted by Crippen LogP contribution is 2.15. The molecule has 0 aromatic heterocycles. The minimum absolute atomic E-state index is 0.846. The van der Waals surface area contributed by atoms with Crippen molar-refractivity contribution in [3.8, 4) is 0 Å². The van der Waals surface area contributed by atoms with Crippen LogP contribution in [0.25, 0.3) is 6.08 Å². The Bertz CT molecular complexity index is 527. The van der Waals surface area contributed by atoms with Gasteiger partial charge in [0.1, 0.15) is 0 Å². The van der Waals surface area contributed by atoms with E-state index in [4.69, 9.17) is 0 Å². The summed E-state index contributed by atoms with van der Waals surface area (Å²) in [5.74, 6) is 0. The molecular formula is C17H19N. The van der Waals surface area contributed by atoms with Crippen LogP contribution in [0.5, 0.6) is 0 Å². The lowest BCUT2D eigenvalue weighted by Crippen LogP contribution is -2.00. The van der Waals surface area contributed by atoms with Crippen molar-refractivity contribution in [2.24, 2.45) is 0 Å². The molecule has 0 saturated heterocycles. The Hall–Kier alpha value is -2.02. The lowest BCUT2D eigenvalue weighted by atomic mass is 10.1. The van der Waals surface area contributed by atoms with Crippen LogP contribution in [0, 0.1) is 13.8 Å². The summed E-state index contributed by atoms with van der Waals surface area (Å²) in [6.07, 6.45) is 4.29. The molecule has 0 heterocycles. The maximum atomic E-state index is 3.44. The van der Waals surface area contributed by atoms with E-state index in [-0.39, 0.29) is 0 Å². The molecule has 0 aliphatic carbocycles. The predicted octanol–water partition coefficient (Wildman–Crippen LogP) is 4.43. The highest BCUT2D eigenvalue weighted by Gasteiger charge is 1.95. The van der Waals surface area contributed by atoms with Gasteiger partial charge in [0, 0.05) is 12.2 Å². The van der Waals surface area contributed by atoms with Gasteiger partial charge < -0.3 is 5.32 Å². The maximum Gasteiger partial charge on any atom is 0.0374 e. The first-order valence-electron chi connectivity index (χ1n) is 6.28. The molecule has 0 aliphatic rings. The van der Waals surface area contributed by atoms with Crippen molar-refractivity contribution in [3.05, 3.63) is 71.3 Å². The summed E-state index contributed by atoms with van der Waals surface area (Å²) in [5.41, 5.74) is 5.02. The Labute approximate surface area is 109 Å². The summed E-state index contributed by atoms with van der Waals surface area (Å²) in [6.45, 7) is 5.09. The Balaban J connectivity index is 1.92. The summed E-state index contributed by atoms with van der Waals surface area (Å²) in [4.78, 5) is 0. The van der Waals surface area contributed by atoms with Crippen molar-refractivity contribution < 1.29 is 0 Å². The maximum absolute atomic E-state index is 3.44. The van der Waals surface area contributed by atoms with E-state index in [1.807, 2.05) is 6.07 Å². The van der Waals surface area contributed by atoms with Crippen molar-refractivity contribution >= 4 is 11.8 Å². The number of benzene rings is 2. The molecule has 2 rings (SSSR count). The Morgan fingerprint density at radius 1 is 1.00 bits per heavy atom. The second-order valence-corrected chi connectivity index (χ2v) is 4.51. The molecule has 0 atom stereocenters. The summed E-state index contributed by atoms with van der Waals surface area (Å²) in [6, 6.07) is 16.8. The van der Waals surface area contributed by atoms with Gasteiger partial charge in [0.15, 0.2) is 0 Å². The van der Waals surface area contributed by atoms with Crippen molar-refractivity contribution in [1.82, 2.24) is 0 Å². The molecule has 92 valence electrons. The van der Waals surface area contributed by atoms with Crippen LogP contribution >= 0.6 is 0 Å². The molecule has 18 heavy (non-hydrogen) atoms. The molecular weight excluding hydrogens is 218 g/mol. The highest BCUT2D eigenvalue weighted by molar-refractivity contribution is 5.54. The number of anilines is 1. The lowest BCUT2D eigenvalue weighted by Gasteiger charge is -2.08. The van der Waals surface area contributed by atoms with Gasteiger partial charge in [-0.15, -0.1) is 0 Å². The fourth-order valence-electron chi connectivity index (χ4n) is 1.85. The van der Waals surface area contributed by atoms with E-state index in [1.165, 1.54) is 22.4 Å². The second-order valence-electron chi connectivity index (χ2n) is 4.51. The normalized spacial score (nSPS) is 10.8. The second kappa shape index (κ2) is 6.06. The fraction of sp³-hybridized carbons (Fsp3) is 0.176. The van der Waals surface area contributed by atoms with Crippen LogP contribution in [0.4, 0.5) is 5.69 Å². The summed E-state index contributed by atoms with van der Waals surface area (Å²) >= 11 is 0. The molecule has 1 N–H and O–H groups in total. The van der Waals surface area contributed by atoms with Crippen LogP contribution in [-0.2, 0) is 0 Å². The first-order chi connectivity index (χ1) is 8.75. The van der Waals surface area contributed by atoms with Crippen molar-refractivity contribution in [1.29, 1.82) is 0 Å². The summed E-state index contributed by atoms with van der Waals surface area (Å²) in [5, 5.41) is 3.44. The van der Waals surface area contributed by atoms with Crippen LogP contribution in [0.3, 0.4) is 0 Å². The number of aryl methyl sites for hydroxylation is 2. The smallest absolute Gasteiger partial charge is 0.0374 e. The molecule has 1 nitrogen and oxygen atoms in total. The SMILES string of the molecule is Cc1ccc(C)c(NCC=Cc2ccccc2)c1. The predicted molar refractivity (Wildman–Crippen MR) is 79.9 cm³/mol. The lowest BCUT2D eigenvalue weighted by molar-refractivity contribution is 1.29. The van der Waals surface area contributed by atoms with Crippen LogP contribution in [-0.4, -0.2) is 6.54 Å². The fourth-order valence-corrected chi connectivity index (χ4v) is 1.85. The van der Waals surface area contributed by atoms with Crippen LogP contribution in [0.2, 0.25) is 0 Å². The van der Waals surface area contributed by atoms with Gasteiger partial charge in [-0.1, -0.05) is 54.6 Å². The van der Waals surface area contributed by atoms with E-state index in [0.717, 1.165) is 6.54 Å². The quantitative estimate of drug-likeness (QED) is 0.829. The number of hydrogen-bond donors (Lipinski definition) is 1. The van der Waals surface area contributed by atoms with E-state index < -0.39 is 0 Å². The first-order valence-corrected chi connectivity index (χ1v) is 6.28. The topological polar surface area (TPSA) is 12.0 Å². The average molecular weight is 237 g/mol. The van der Waals surface area contributed by atoms with E-state index in [2.05, 4.69) is 73.8 Å². The van der Waals surface area contributed by atoms with Crippen LogP contribution in [0.15, 0.2) is 54.6 Å². The van der Waals surface area contributed by atoms with E-state index in [0.29, 0.717) is 0 Å². The average Bonchev–Trinajstić information content (AvgIpc) is 2.40. The van der Waals surface area contributed by atoms with Gasteiger partial charge in [-0.25, -0.2) is 0 Å². The molecule has 0 aliphatic heterocycles. The molecule has 0 spiro atoms. The molecule has 0 amide bonds. The Kier molecular flexibility index (Phi) is 4.19. The highest BCUT2D eigenvalue weighted by atomic mass is 14.9. The van der Waals surface area contributed by atoms with Gasteiger partial charge in [0.05, 0.1) is 0 Å². The van der Waals surface area contributed by atoms with Gasteiger partial charge in [-0.05, 0) is 36.6 Å². The zero-order valence-corrected chi connectivity index (χ0v) is 11.0. The summed E-state index contributed by atoms with van der Waals surface area (Å²) < 4.78 is 0. The first kappa shape index (κ1) is 12.4. The van der Waals surface area contributed by atoms with Gasteiger partial charge in [-0.3, -0.25) is 0 Å². The third-order valence-electron chi connectivity index (χ3n) is 2.91. The molecule has 0 fully saturated rings. The van der Waals surface area contributed by atoms with Gasteiger partial charge in [0.2, 0.25) is 0 Å². The summed E-state index contributed by atoms with van der Waals surface area (Å²) in [7, 11) is 0. The molecule has 2 aromatic carbocycles. The molecule has 1 heteroatoms. The minimum Gasteiger partial charge on any atom is -0.381 e. The van der Waals surface area contributed by atoms with Crippen molar-refractivity contribution in [3.63, 3.8) is 0 Å². The van der Waals surface area contributed by atoms with E-state index in [9.17, 15) is 0 Å². The van der Waals surface area contributed by atoms with Crippen LogP contribution in [0.1, 0.15) is 16.7 Å². The largest absolute Gasteiger partial charge is 0.381 e. The number of hydrogen-bond acceptors (Lipinski definition) is 1. The van der Waals surface area contributed by atoms with Crippen molar-refractivity contribution in [2.45, 2.75) is 13.8 Å². The Morgan fingerprint density at radius 2 is 1.78 bits per heavy atom. The molecule has 0 bridgehead atoms. The number of rotatable bonds is 4. The zero-order chi connectivity index (χ0) is 12.8. The molecule has 0 saturated carbocycles. The van der Waals surface area contributed by atoms with Crippen LogP contribution < -0.4 is 5.32 Å². The Morgan fingerprint density at radius 3 is 2.56 bits per heavy atom. The monoisotopic (exact) mass is 237 g/mol. The van der Waals surface area contributed by atoms with Gasteiger partial charge >= 0.3 is 0 Å². The van der Waals surface area contributed by atoms with Gasteiger partial charge in [-0.2, -0.15) is 0 Å².